The van der Waals surface area contributed by atoms with Crippen molar-refractivity contribution in [3.8, 4) is 0 Å². The van der Waals surface area contributed by atoms with Gasteiger partial charge in [-0.2, -0.15) is 4.31 Å². The Morgan fingerprint density at radius 3 is 2.71 bits per heavy atom. The Hall–Kier alpha value is -0.590. The Labute approximate surface area is 135 Å². The molecule has 1 heterocycles. The largest absolute Gasteiger partial charge is 0.398 e. The molecule has 0 saturated carbocycles. The van der Waals surface area contributed by atoms with Crippen molar-refractivity contribution in [3.63, 3.8) is 0 Å². The van der Waals surface area contributed by atoms with E-state index in [4.69, 9.17) is 5.73 Å². The molecule has 0 spiro atoms. The fraction of sp³-hybridized carbons (Fsp3) is 0.600. The highest BCUT2D eigenvalue weighted by Crippen LogP contribution is 2.30. The maximum Gasteiger partial charge on any atom is 0.243 e. The van der Waals surface area contributed by atoms with Gasteiger partial charge in [-0.25, -0.2) is 8.42 Å². The van der Waals surface area contributed by atoms with E-state index >= 15 is 0 Å². The highest BCUT2D eigenvalue weighted by Gasteiger charge is 2.29. The standard InChI is InChI=1S/C15H23BrN2O2S/c1-3-12-5-4-7-18(8-6-12)21(19,20)15-10-13(16)9-14(17)11(15)2/h9-10,12H,3-8,17H2,1-2H3. The zero-order valence-electron chi connectivity index (χ0n) is 12.6. The lowest BCUT2D eigenvalue weighted by Gasteiger charge is -2.22. The van der Waals surface area contributed by atoms with Gasteiger partial charge in [0.05, 0.1) is 4.90 Å². The lowest BCUT2D eigenvalue weighted by Crippen LogP contribution is -2.32. The van der Waals surface area contributed by atoms with E-state index in [0.29, 0.717) is 39.6 Å². The fourth-order valence-electron chi connectivity index (χ4n) is 2.87. The molecule has 1 saturated heterocycles. The predicted molar refractivity (Wildman–Crippen MR) is 89.7 cm³/mol. The molecule has 0 amide bonds. The monoisotopic (exact) mass is 374 g/mol. The van der Waals surface area contributed by atoms with Gasteiger partial charge < -0.3 is 5.73 Å². The summed E-state index contributed by atoms with van der Waals surface area (Å²) < 4.78 is 28.1. The lowest BCUT2D eigenvalue weighted by molar-refractivity contribution is 0.407. The first-order valence-corrected chi connectivity index (χ1v) is 9.65. The summed E-state index contributed by atoms with van der Waals surface area (Å²) in [6.45, 7) is 5.15. The van der Waals surface area contributed by atoms with Crippen molar-refractivity contribution in [1.29, 1.82) is 0 Å². The maximum atomic E-state index is 12.9. The average molecular weight is 375 g/mol. The van der Waals surface area contributed by atoms with Crippen LogP contribution in [-0.2, 0) is 10.0 Å². The number of anilines is 1. The van der Waals surface area contributed by atoms with Crippen LogP contribution in [0, 0.1) is 12.8 Å². The molecule has 1 aromatic rings. The highest BCUT2D eigenvalue weighted by atomic mass is 79.9. The van der Waals surface area contributed by atoms with Crippen molar-refractivity contribution in [3.05, 3.63) is 22.2 Å². The molecule has 0 aromatic heterocycles. The summed E-state index contributed by atoms with van der Waals surface area (Å²) in [4.78, 5) is 0.323. The normalized spacial score (nSPS) is 21.2. The van der Waals surface area contributed by atoms with Crippen LogP contribution in [0.15, 0.2) is 21.5 Å². The van der Waals surface area contributed by atoms with Gasteiger partial charge in [0, 0.05) is 23.2 Å². The zero-order valence-corrected chi connectivity index (χ0v) is 15.0. The topological polar surface area (TPSA) is 63.4 Å². The molecular weight excluding hydrogens is 352 g/mol. The molecule has 1 unspecified atom stereocenters. The molecule has 118 valence electrons. The van der Waals surface area contributed by atoms with Crippen LogP contribution in [0.4, 0.5) is 5.69 Å². The third-order valence-corrected chi connectivity index (χ3v) is 6.85. The highest BCUT2D eigenvalue weighted by molar-refractivity contribution is 9.10. The molecule has 6 heteroatoms. The summed E-state index contributed by atoms with van der Waals surface area (Å²) in [7, 11) is -3.47. The fourth-order valence-corrected chi connectivity index (χ4v) is 5.27. The van der Waals surface area contributed by atoms with Crippen molar-refractivity contribution < 1.29 is 8.42 Å². The minimum Gasteiger partial charge on any atom is -0.398 e. The molecule has 1 fully saturated rings. The van der Waals surface area contributed by atoms with Crippen LogP contribution in [0.1, 0.15) is 38.2 Å². The summed E-state index contributed by atoms with van der Waals surface area (Å²) in [5, 5.41) is 0. The number of hydrogen-bond donors (Lipinski definition) is 1. The molecule has 2 N–H and O–H groups in total. The second-order valence-corrected chi connectivity index (χ2v) is 8.55. The van der Waals surface area contributed by atoms with Crippen LogP contribution in [0.2, 0.25) is 0 Å². The van der Waals surface area contributed by atoms with Gasteiger partial charge in [-0.05, 0) is 49.8 Å². The first kappa shape index (κ1) is 16.8. The molecular formula is C15H23BrN2O2S. The second-order valence-electron chi connectivity index (χ2n) is 5.73. The Bertz CT molecular complexity index is 616. The van der Waals surface area contributed by atoms with Gasteiger partial charge in [0.1, 0.15) is 0 Å². The van der Waals surface area contributed by atoms with E-state index < -0.39 is 10.0 Å². The molecule has 4 nitrogen and oxygen atoms in total. The molecule has 0 aliphatic carbocycles. The van der Waals surface area contributed by atoms with E-state index in [2.05, 4.69) is 22.9 Å². The first-order valence-electron chi connectivity index (χ1n) is 7.42. The first-order chi connectivity index (χ1) is 9.86. The minimum absolute atomic E-state index is 0.323. The Balaban J connectivity index is 2.34. The van der Waals surface area contributed by atoms with Crippen molar-refractivity contribution in [1.82, 2.24) is 4.31 Å². The number of nitrogen functional groups attached to an aromatic ring is 1. The summed E-state index contributed by atoms with van der Waals surface area (Å²) >= 11 is 3.34. The number of sulfonamides is 1. The van der Waals surface area contributed by atoms with E-state index in [1.807, 2.05) is 0 Å². The van der Waals surface area contributed by atoms with E-state index in [1.165, 1.54) is 0 Å². The average Bonchev–Trinajstić information content (AvgIpc) is 2.68. The Morgan fingerprint density at radius 1 is 1.33 bits per heavy atom. The zero-order chi connectivity index (χ0) is 15.6. The van der Waals surface area contributed by atoms with Gasteiger partial charge in [0.2, 0.25) is 10.0 Å². The van der Waals surface area contributed by atoms with Gasteiger partial charge in [-0.1, -0.05) is 29.3 Å². The van der Waals surface area contributed by atoms with Gasteiger partial charge in [-0.15, -0.1) is 0 Å². The Morgan fingerprint density at radius 2 is 2.05 bits per heavy atom. The lowest BCUT2D eigenvalue weighted by atomic mass is 9.98. The number of nitrogens with zero attached hydrogens (tertiary/aromatic N) is 1. The summed E-state index contributed by atoms with van der Waals surface area (Å²) in [5.41, 5.74) is 7.05. The quantitative estimate of drug-likeness (QED) is 0.822. The third kappa shape index (κ3) is 3.60. The molecule has 1 atom stereocenters. The maximum absolute atomic E-state index is 12.9. The summed E-state index contributed by atoms with van der Waals surface area (Å²) in [6, 6.07) is 3.40. The number of nitrogens with two attached hydrogens (primary N) is 1. The third-order valence-electron chi connectivity index (χ3n) is 4.37. The van der Waals surface area contributed by atoms with Gasteiger partial charge >= 0.3 is 0 Å². The molecule has 2 rings (SSSR count). The SMILES string of the molecule is CCC1CCCN(S(=O)(=O)c2cc(Br)cc(N)c2C)CC1. The van der Waals surface area contributed by atoms with E-state index in [1.54, 1.807) is 23.4 Å². The van der Waals surface area contributed by atoms with Crippen LogP contribution < -0.4 is 5.73 Å². The second kappa shape index (κ2) is 6.67. The smallest absolute Gasteiger partial charge is 0.243 e. The van der Waals surface area contributed by atoms with Crippen LogP contribution in [0.3, 0.4) is 0 Å². The number of benzene rings is 1. The van der Waals surface area contributed by atoms with Crippen molar-refractivity contribution in [2.24, 2.45) is 5.92 Å². The van der Waals surface area contributed by atoms with Gasteiger partial charge in [-0.3, -0.25) is 0 Å². The van der Waals surface area contributed by atoms with Crippen molar-refractivity contribution in [2.75, 3.05) is 18.8 Å². The number of rotatable bonds is 3. The number of halogens is 1. The van der Waals surface area contributed by atoms with Crippen molar-refractivity contribution in [2.45, 2.75) is 44.4 Å². The Kier molecular flexibility index (Phi) is 5.33. The molecule has 1 aliphatic rings. The van der Waals surface area contributed by atoms with E-state index in [9.17, 15) is 8.42 Å². The molecule has 0 bridgehead atoms. The molecule has 1 aliphatic heterocycles. The van der Waals surface area contributed by atoms with Crippen LogP contribution in [0.5, 0.6) is 0 Å². The van der Waals surface area contributed by atoms with Crippen LogP contribution in [-0.4, -0.2) is 25.8 Å². The van der Waals surface area contributed by atoms with E-state index in [0.717, 1.165) is 25.7 Å². The predicted octanol–water partition coefficient (Wildman–Crippen LogP) is 3.54. The van der Waals surface area contributed by atoms with E-state index in [-0.39, 0.29) is 0 Å². The minimum atomic E-state index is -3.47. The van der Waals surface area contributed by atoms with Gasteiger partial charge in [0.25, 0.3) is 0 Å². The van der Waals surface area contributed by atoms with Crippen LogP contribution in [0.25, 0.3) is 0 Å². The molecule has 0 radical (unpaired) electrons. The summed E-state index contributed by atoms with van der Waals surface area (Å²) in [6.07, 6.45) is 4.11. The number of hydrogen-bond acceptors (Lipinski definition) is 3. The van der Waals surface area contributed by atoms with Crippen molar-refractivity contribution >= 4 is 31.6 Å². The van der Waals surface area contributed by atoms with Crippen LogP contribution >= 0.6 is 15.9 Å². The summed E-state index contributed by atoms with van der Waals surface area (Å²) in [5.74, 6) is 0.638. The van der Waals surface area contributed by atoms with Gasteiger partial charge in [0.15, 0.2) is 0 Å². The molecule has 21 heavy (non-hydrogen) atoms. The molecule has 1 aromatic carbocycles.